The predicted octanol–water partition coefficient (Wildman–Crippen LogP) is 2.36. The number of hydrogen-bond donors (Lipinski definition) is 3. The van der Waals surface area contributed by atoms with E-state index in [1.54, 1.807) is 7.11 Å². The normalized spacial score (nSPS) is 22.5. The largest absolute Gasteiger partial charge is 0.497 e. The molecule has 1 aromatic carbocycles. The van der Waals surface area contributed by atoms with Crippen molar-refractivity contribution in [3.05, 3.63) is 29.8 Å². The second-order valence-electron chi connectivity index (χ2n) is 10.2. The Morgan fingerprint density at radius 2 is 1.75 bits per heavy atom. The van der Waals surface area contributed by atoms with Crippen molar-refractivity contribution in [2.24, 2.45) is 0 Å². The fourth-order valence-electron chi connectivity index (χ4n) is 5.02. The molecule has 3 rings (SSSR count). The maximum absolute atomic E-state index is 12.7. The molecule has 0 spiro atoms. The van der Waals surface area contributed by atoms with Crippen molar-refractivity contribution in [2.75, 3.05) is 13.7 Å². The third-order valence-electron chi connectivity index (χ3n) is 6.11. The van der Waals surface area contributed by atoms with Gasteiger partial charge in [0.25, 0.3) is 5.91 Å². The molecule has 0 aliphatic carbocycles. The summed E-state index contributed by atoms with van der Waals surface area (Å²) >= 11 is 0. The number of benzene rings is 1. The molecule has 0 aromatic heterocycles. The van der Waals surface area contributed by atoms with Crippen molar-refractivity contribution in [1.29, 1.82) is 0 Å². The molecule has 4 amide bonds. The first kappa shape index (κ1) is 24.0. The van der Waals surface area contributed by atoms with E-state index in [0.29, 0.717) is 19.4 Å². The van der Waals surface area contributed by atoms with Gasteiger partial charge < -0.3 is 20.7 Å². The van der Waals surface area contributed by atoms with Crippen LogP contribution in [0.15, 0.2) is 24.3 Å². The average Bonchev–Trinajstić information content (AvgIpc) is 2.95. The van der Waals surface area contributed by atoms with Crippen molar-refractivity contribution in [1.82, 2.24) is 20.9 Å². The van der Waals surface area contributed by atoms with E-state index < -0.39 is 12.1 Å². The maximum Gasteiger partial charge on any atom is 0.324 e. The second-order valence-corrected chi connectivity index (χ2v) is 10.2. The molecular weight excluding hydrogens is 408 g/mol. The topological polar surface area (TPSA) is 99.8 Å². The Morgan fingerprint density at radius 1 is 1.12 bits per heavy atom. The zero-order chi connectivity index (χ0) is 23.5. The molecule has 2 aliphatic heterocycles. The highest BCUT2D eigenvalue weighted by Crippen LogP contribution is 2.28. The third kappa shape index (κ3) is 6.22. The van der Waals surface area contributed by atoms with E-state index in [0.717, 1.165) is 24.2 Å². The van der Waals surface area contributed by atoms with Crippen molar-refractivity contribution in [3.63, 3.8) is 0 Å². The SMILES string of the molecule is COc1ccc(CCN2C(=O)NC(CCC(=O)NC3CC(C)(C)NC(C)(C)C3)C2=O)cc1. The number of hydrogen-bond acceptors (Lipinski definition) is 5. The summed E-state index contributed by atoms with van der Waals surface area (Å²) in [6, 6.07) is 6.59. The fraction of sp³-hybridized carbons (Fsp3) is 0.625. The predicted molar refractivity (Wildman–Crippen MR) is 122 cm³/mol. The smallest absolute Gasteiger partial charge is 0.324 e. The number of methoxy groups -OCH3 is 1. The Hall–Kier alpha value is -2.61. The van der Waals surface area contributed by atoms with Crippen LogP contribution in [0.1, 0.15) is 58.9 Å². The van der Waals surface area contributed by atoms with Crippen LogP contribution in [0.3, 0.4) is 0 Å². The molecule has 8 heteroatoms. The van der Waals surface area contributed by atoms with E-state index in [4.69, 9.17) is 4.74 Å². The Kier molecular flexibility index (Phi) is 7.12. The summed E-state index contributed by atoms with van der Waals surface area (Å²) in [5, 5.41) is 9.44. The lowest BCUT2D eigenvalue weighted by Gasteiger charge is -2.46. The molecule has 0 bridgehead atoms. The minimum absolute atomic E-state index is 0.0561. The van der Waals surface area contributed by atoms with E-state index in [1.165, 1.54) is 4.90 Å². The number of carbonyl (C=O) groups is 3. The standard InChI is InChI=1S/C24H36N4O4/c1-23(2)14-17(15-24(3,4)27-23)25-20(29)11-10-19-21(30)28(22(31)26-19)13-12-16-6-8-18(32-5)9-7-16/h6-9,17,19,27H,10-15H2,1-5H3,(H,25,29)(H,26,31). The molecular formula is C24H36N4O4. The molecule has 2 aliphatic rings. The highest BCUT2D eigenvalue weighted by Gasteiger charge is 2.39. The van der Waals surface area contributed by atoms with Gasteiger partial charge in [-0.1, -0.05) is 12.1 Å². The number of urea groups is 1. The van der Waals surface area contributed by atoms with Gasteiger partial charge in [-0.2, -0.15) is 0 Å². The molecule has 1 unspecified atom stereocenters. The molecule has 2 saturated heterocycles. The summed E-state index contributed by atoms with van der Waals surface area (Å²) < 4.78 is 5.15. The van der Waals surface area contributed by atoms with Gasteiger partial charge in [-0.15, -0.1) is 0 Å². The van der Waals surface area contributed by atoms with Crippen LogP contribution in [0.25, 0.3) is 0 Å². The first-order valence-electron chi connectivity index (χ1n) is 11.3. The lowest BCUT2D eigenvalue weighted by atomic mass is 9.79. The average molecular weight is 445 g/mol. The van der Waals surface area contributed by atoms with Gasteiger partial charge in [0.15, 0.2) is 0 Å². The molecule has 8 nitrogen and oxygen atoms in total. The van der Waals surface area contributed by atoms with Crippen LogP contribution in [0.4, 0.5) is 4.79 Å². The molecule has 1 atom stereocenters. The third-order valence-corrected chi connectivity index (χ3v) is 6.11. The van der Waals surface area contributed by atoms with Gasteiger partial charge in [0.05, 0.1) is 7.11 Å². The lowest BCUT2D eigenvalue weighted by Crippen LogP contribution is -2.62. The highest BCUT2D eigenvalue weighted by molar-refractivity contribution is 6.04. The Balaban J connectivity index is 1.46. The quantitative estimate of drug-likeness (QED) is 0.535. The van der Waals surface area contributed by atoms with Gasteiger partial charge >= 0.3 is 6.03 Å². The molecule has 0 saturated carbocycles. The summed E-state index contributed by atoms with van der Waals surface area (Å²) in [6.07, 6.45) is 2.76. The molecule has 2 fully saturated rings. The van der Waals surface area contributed by atoms with Crippen LogP contribution < -0.4 is 20.7 Å². The minimum Gasteiger partial charge on any atom is -0.497 e. The zero-order valence-electron chi connectivity index (χ0n) is 19.8. The summed E-state index contributed by atoms with van der Waals surface area (Å²) in [5.74, 6) is 0.418. The molecule has 2 heterocycles. The maximum atomic E-state index is 12.7. The lowest BCUT2D eigenvalue weighted by molar-refractivity contribution is -0.127. The van der Waals surface area contributed by atoms with Crippen LogP contribution in [-0.2, 0) is 16.0 Å². The Morgan fingerprint density at radius 3 is 2.34 bits per heavy atom. The van der Waals surface area contributed by atoms with Crippen molar-refractivity contribution >= 4 is 17.8 Å². The number of amides is 4. The number of carbonyl (C=O) groups excluding carboxylic acids is 3. The van der Waals surface area contributed by atoms with E-state index in [1.807, 2.05) is 24.3 Å². The van der Waals surface area contributed by atoms with Gasteiger partial charge in [0.2, 0.25) is 5.91 Å². The van der Waals surface area contributed by atoms with Gasteiger partial charge in [0.1, 0.15) is 11.8 Å². The summed E-state index contributed by atoms with van der Waals surface area (Å²) in [6.45, 7) is 8.86. The number of ether oxygens (including phenoxy) is 1. The summed E-state index contributed by atoms with van der Waals surface area (Å²) in [5.41, 5.74) is 0.904. The summed E-state index contributed by atoms with van der Waals surface area (Å²) in [4.78, 5) is 38.8. The van der Waals surface area contributed by atoms with E-state index in [-0.39, 0.29) is 35.4 Å². The molecule has 176 valence electrons. The van der Waals surface area contributed by atoms with E-state index in [2.05, 4.69) is 43.6 Å². The second kappa shape index (κ2) is 9.48. The van der Waals surface area contributed by atoms with Gasteiger partial charge in [-0.3, -0.25) is 14.5 Å². The molecule has 1 aromatic rings. The van der Waals surface area contributed by atoms with Crippen LogP contribution in [0, 0.1) is 0 Å². The van der Waals surface area contributed by atoms with E-state index in [9.17, 15) is 14.4 Å². The number of piperidine rings is 1. The number of nitrogens with zero attached hydrogens (tertiary/aromatic N) is 1. The first-order valence-corrected chi connectivity index (χ1v) is 11.3. The van der Waals surface area contributed by atoms with Gasteiger partial charge in [0, 0.05) is 30.1 Å². The van der Waals surface area contributed by atoms with Crippen molar-refractivity contribution in [2.45, 2.75) is 83.0 Å². The van der Waals surface area contributed by atoms with Crippen LogP contribution in [0.2, 0.25) is 0 Å². The zero-order valence-corrected chi connectivity index (χ0v) is 19.8. The van der Waals surface area contributed by atoms with Gasteiger partial charge in [-0.05, 0) is 71.1 Å². The van der Waals surface area contributed by atoms with E-state index >= 15 is 0 Å². The van der Waals surface area contributed by atoms with Crippen LogP contribution in [-0.4, -0.2) is 59.6 Å². The Labute approximate surface area is 190 Å². The Bertz CT molecular complexity index is 834. The van der Waals surface area contributed by atoms with Crippen molar-refractivity contribution < 1.29 is 19.1 Å². The number of imide groups is 1. The molecule has 3 N–H and O–H groups in total. The highest BCUT2D eigenvalue weighted by atomic mass is 16.5. The molecule has 32 heavy (non-hydrogen) atoms. The number of rotatable bonds is 8. The summed E-state index contributed by atoms with van der Waals surface area (Å²) in [7, 11) is 1.61. The number of nitrogens with one attached hydrogen (secondary N) is 3. The van der Waals surface area contributed by atoms with Crippen LogP contribution in [0.5, 0.6) is 5.75 Å². The molecule has 0 radical (unpaired) electrons. The first-order chi connectivity index (χ1) is 15.0. The minimum atomic E-state index is -0.648. The monoisotopic (exact) mass is 444 g/mol. The van der Waals surface area contributed by atoms with Crippen LogP contribution >= 0.6 is 0 Å². The van der Waals surface area contributed by atoms with Gasteiger partial charge in [-0.25, -0.2) is 4.79 Å². The fourth-order valence-corrected chi connectivity index (χ4v) is 5.02. The van der Waals surface area contributed by atoms with Crippen molar-refractivity contribution in [3.8, 4) is 5.75 Å².